The summed E-state index contributed by atoms with van der Waals surface area (Å²) < 4.78 is 4.93. The summed E-state index contributed by atoms with van der Waals surface area (Å²) in [6.45, 7) is 5.30. The Morgan fingerprint density at radius 1 is 1.50 bits per heavy atom. The van der Waals surface area contributed by atoms with Gasteiger partial charge in [0.1, 0.15) is 0 Å². The molecule has 0 aliphatic carbocycles. The van der Waals surface area contributed by atoms with Gasteiger partial charge in [-0.15, -0.1) is 0 Å². The van der Waals surface area contributed by atoms with Crippen molar-refractivity contribution in [3.8, 4) is 0 Å². The third-order valence-corrected chi connectivity index (χ3v) is 2.69. The maximum Gasteiger partial charge on any atom is 0.273 e. The molecule has 1 heterocycles. The van der Waals surface area contributed by atoms with Gasteiger partial charge in [-0.1, -0.05) is 13.8 Å². The standard InChI is InChI=1S/C12H22N4O2/c1-8(2)10-9(13)11(16-15-10)12(17)14-6-4-5-7-18-3/h8H,4-7,13H2,1-3H3,(H,14,17)(H,15,16). The topological polar surface area (TPSA) is 93.0 Å². The smallest absolute Gasteiger partial charge is 0.273 e. The first-order valence-corrected chi connectivity index (χ1v) is 6.18. The number of carbonyl (C=O) groups excluding carboxylic acids is 1. The molecule has 1 rings (SSSR count). The molecular formula is C12H22N4O2. The number of ether oxygens (including phenoxy) is 1. The Morgan fingerprint density at radius 2 is 2.22 bits per heavy atom. The molecule has 0 aliphatic rings. The molecule has 1 aromatic heterocycles. The highest BCUT2D eigenvalue weighted by Gasteiger charge is 2.18. The zero-order chi connectivity index (χ0) is 13.5. The summed E-state index contributed by atoms with van der Waals surface area (Å²) in [7, 11) is 1.66. The van der Waals surface area contributed by atoms with Crippen molar-refractivity contribution in [2.24, 2.45) is 0 Å². The molecule has 0 aromatic carbocycles. The average molecular weight is 254 g/mol. The number of nitrogens with one attached hydrogen (secondary N) is 2. The van der Waals surface area contributed by atoms with Crippen LogP contribution >= 0.6 is 0 Å². The molecule has 0 aliphatic heterocycles. The van der Waals surface area contributed by atoms with Gasteiger partial charge in [0.2, 0.25) is 0 Å². The second kappa shape index (κ2) is 7.00. The van der Waals surface area contributed by atoms with Crippen LogP contribution in [0.3, 0.4) is 0 Å². The number of methoxy groups -OCH3 is 1. The van der Waals surface area contributed by atoms with E-state index in [-0.39, 0.29) is 17.5 Å². The number of rotatable bonds is 7. The van der Waals surface area contributed by atoms with Crippen molar-refractivity contribution >= 4 is 11.6 Å². The van der Waals surface area contributed by atoms with Crippen molar-refractivity contribution in [3.63, 3.8) is 0 Å². The molecule has 18 heavy (non-hydrogen) atoms. The van der Waals surface area contributed by atoms with Gasteiger partial charge in [0.15, 0.2) is 5.69 Å². The molecule has 0 unspecified atom stereocenters. The minimum atomic E-state index is -0.229. The SMILES string of the molecule is COCCCCNC(=O)c1n[nH]c(C(C)C)c1N. The van der Waals surface area contributed by atoms with Crippen molar-refractivity contribution in [1.82, 2.24) is 15.5 Å². The Bertz CT molecular complexity index is 387. The molecule has 0 fully saturated rings. The van der Waals surface area contributed by atoms with Crippen LogP contribution < -0.4 is 11.1 Å². The maximum absolute atomic E-state index is 11.8. The number of unbranched alkanes of at least 4 members (excludes halogenated alkanes) is 1. The Kier molecular flexibility index (Phi) is 5.64. The summed E-state index contributed by atoms with van der Waals surface area (Å²) in [6, 6.07) is 0. The molecule has 1 amide bonds. The van der Waals surface area contributed by atoms with Crippen molar-refractivity contribution < 1.29 is 9.53 Å². The first-order valence-electron chi connectivity index (χ1n) is 6.18. The van der Waals surface area contributed by atoms with Crippen molar-refractivity contribution in [2.75, 3.05) is 26.0 Å². The zero-order valence-corrected chi connectivity index (χ0v) is 11.2. The van der Waals surface area contributed by atoms with Crippen LogP contribution in [0.25, 0.3) is 0 Å². The lowest BCUT2D eigenvalue weighted by Crippen LogP contribution is -2.25. The highest BCUT2D eigenvalue weighted by molar-refractivity contribution is 5.97. The van der Waals surface area contributed by atoms with E-state index in [0.29, 0.717) is 18.8 Å². The van der Waals surface area contributed by atoms with Gasteiger partial charge < -0.3 is 15.8 Å². The van der Waals surface area contributed by atoms with E-state index in [0.717, 1.165) is 18.5 Å². The Morgan fingerprint density at radius 3 is 2.78 bits per heavy atom. The summed E-state index contributed by atoms with van der Waals surface area (Å²) in [4.78, 5) is 11.8. The highest BCUT2D eigenvalue weighted by Crippen LogP contribution is 2.21. The van der Waals surface area contributed by atoms with E-state index in [1.807, 2.05) is 13.8 Å². The second-order valence-corrected chi connectivity index (χ2v) is 4.51. The molecule has 102 valence electrons. The third-order valence-electron chi connectivity index (χ3n) is 2.69. The van der Waals surface area contributed by atoms with Crippen molar-refractivity contribution in [3.05, 3.63) is 11.4 Å². The third kappa shape index (κ3) is 3.73. The summed E-state index contributed by atoms with van der Waals surface area (Å²) in [5, 5.41) is 9.57. The van der Waals surface area contributed by atoms with Crippen LogP contribution in [0.2, 0.25) is 0 Å². The minimum absolute atomic E-state index is 0.223. The maximum atomic E-state index is 11.8. The number of anilines is 1. The highest BCUT2D eigenvalue weighted by atomic mass is 16.5. The normalized spacial score (nSPS) is 10.9. The lowest BCUT2D eigenvalue weighted by atomic mass is 10.1. The van der Waals surface area contributed by atoms with Gasteiger partial charge in [0.05, 0.1) is 11.4 Å². The number of nitrogen functional groups attached to an aromatic ring is 1. The molecular weight excluding hydrogens is 232 g/mol. The number of amides is 1. The predicted molar refractivity (Wildman–Crippen MR) is 70.5 cm³/mol. The molecule has 0 spiro atoms. The predicted octanol–water partition coefficient (Wildman–Crippen LogP) is 1.27. The molecule has 1 aromatic rings. The van der Waals surface area contributed by atoms with Gasteiger partial charge in [0, 0.05) is 20.3 Å². The Labute approximate surface area is 107 Å². The van der Waals surface area contributed by atoms with E-state index >= 15 is 0 Å². The van der Waals surface area contributed by atoms with Gasteiger partial charge >= 0.3 is 0 Å². The first kappa shape index (κ1) is 14.5. The largest absolute Gasteiger partial charge is 0.395 e. The summed E-state index contributed by atoms with van der Waals surface area (Å²) in [5.74, 6) is -0.00572. The lowest BCUT2D eigenvalue weighted by Gasteiger charge is -2.04. The van der Waals surface area contributed by atoms with E-state index < -0.39 is 0 Å². The van der Waals surface area contributed by atoms with Crippen LogP contribution in [0.4, 0.5) is 5.69 Å². The number of nitrogens with two attached hydrogens (primary N) is 1. The van der Waals surface area contributed by atoms with Gasteiger partial charge in [-0.25, -0.2) is 0 Å². The number of carbonyl (C=O) groups is 1. The number of aromatic nitrogens is 2. The van der Waals surface area contributed by atoms with Gasteiger partial charge in [-0.2, -0.15) is 5.10 Å². The molecule has 6 nitrogen and oxygen atoms in total. The molecule has 0 saturated heterocycles. The molecule has 0 bridgehead atoms. The number of nitrogens with zero attached hydrogens (tertiary/aromatic N) is 1. The van der Waals surface area contributed by atoms with Crippen LogP contribution in [0.5, 0.6) is 0 Å². The molecule has 4 N–H and O–H groups in total. The summed E-state index contributed by atoms with van der Waals surface area (Å²) in [6.07, 6.45) is 1.80. The first-order chi connectivity index (χ1) is 8.57. The van der Waals surface area contributed by atoms with E-state index in [1.54, 1.807) is 7.11 Å². The van der Waals surface area contributed by atoms with Gasteiger partial charge in [0.25, 0.3) is 5.91 Å². The Balaban J connectivity index is 2.47. The quantitative estimate of drug-likeness (QED) is 0.639. The second-order valence-electron chi connectivity index (χ2n) is 4.51. The summed E-state index contributed by atoms with van der Waals surface area (Å²) >= 11 is 0. The van der Waals surface area contributed by atoms with Gasteiger partial charge in [-0.05, 0) is 18.8 Å². The molecule has 0 radical (unpaired) electrons. The van der Waals surface area contributed by atoms with Crippen molar-refractivity contribution in [2.45, 2.75) is 32.6 Å². The van der Waals surface area contributed by atoms with E-state index in [2.05, 4.69) is 15.5 Å². The van der Waals surface area contributed by atoms with Gasteiger partial charge in [-0.3, -0.25) is 9.89 Å². The summed E-state index contributed by atoms with van der Waals surface area (Å²) in [5.41, 5.74) is 7.41. The van der Waals surface area contributed by atoms with E-state index in [1.165, 1.54) is 0 Å². The lowest BCUT2D eigenvalue weighted by molar-refractivity contribution is 0.0947. The fourth-order valence-corrected chi connectivity index (χ4v) is 1.63. The monoisotopic (exact) mass is 254 g/mol. The number of hydrogen-bond donors (Lipinski definition) is 3. The zero-order valence-electron chi connectivity index (χ0n) is 11.2. The van der Waals surface area contributed by atoms with E-state index in [4.69, 9.17) is 10.5 Å². The number of H-pyrrole nitrogens is 1. The Hall–Kier alpha value is -1.56. The molecule has 0 atom stereocenters. The van der Waals surface area contributed by atoms with Crippen LogP contribution in [-0.4, -0.2) is 36.4 Å². The van der Waals surface area contributed by atoms with Crippen molar-refractivity contribution in [1.29, 1.82) is 0 Å². The number of hydrogen-bond acceptors (Lipinski definition) is 4. The van der Waals surface area contributed by atoms with E-state index in [9.17, 15) is 4.79 Å². The molecule has 6 heteroatoms. The molecule has 0 saturated carbocycles. The minimum Gasteiger partial charge on any atom is -0.395 e. The fraction of sp³-hybridized carbons (Fsp3) is 0.667. The number of aromatic amines is 1. The van der Waals surface area contributed by atoms with Crippen LogP contribution in [0.15, 0.2) is 0 Å². The average Bonchev–Trinajstić information content (AvgIpc) is 2.70. The van der Waals surface area contributed by atoms with Crippen LogP contribution in [-0.2, 0) is 4.74 Å². The van der Waals surface area contributed by atoms with Crippen LogP contribution in [0.1, 0.15) is 48.8 Å². The fourth-order valence-electron chi connectivity index (χ4n) is 1.63. The van der Waals surface area contributed by atoms with Crippen LogP contribution in [0, 0.1) is 0 Å².